The second kappa shape index (κ2) is 12.0. The van der Waals surface area contributed by atoms with Gasteiger partial charge in [-0.1, -0.05) is 152 Å². The third-order valence-corrected chi connectivity index (χ3v) is 14.9. The van der Waals surface area contributed by atoms with Crippen molar-refractivity contribution in [3.8, 4) is 33.6 Å². The Kier molecular flexibility index (Phi) is 6.72. The summed E-state index contributed by atoms with van der Waals surface area (Å²) in [5.74, 6) is 0. The lowest BCUT2D eigenvalue weighted by Gasteiger charge is -2.45. The van der Waals surface area contributed by atoms with E-state index in [9.17, 15) is 0 Å². The van der Waals surface area contributed by atoms with Crippen molar-refractivity contribution in [1.29, 1.82) is 0 Å². The predicted molar refractivity (Wildman–Crippen MR) is 243 cm³/mol. The summed E-state index contributed by atoms with van der Waals surface area (Å²) >= 11 is 0. The molecule has 60 heavy (non-hydrogen) atoms. The van der Waals surface area contributed by atoms with Crippen LogP contribution < -0.4 is 0 Å². The number of para-hydroxylation sites is 4. The highest BCUT2D eigenvalue weighted by Crippen LogP contribution is 2.61. The molecule has 5 heteroatoms. The third-order valence-electron chi connectivity index (χ3n) is 13.1. The maximum Gasteiger partial charge on any atom is 0.207 e. The molecule has 2 aliphatic heterocycles. The Bertz CT molecular complexity index is 3670. The normalized spacial score (nSPS) is 16.0. The Morgan fingerprint density at radius 3 is 1.68 bits per heavy atom. The van der Waals surface area contributed by atoms with Crippen LogP contribution in [0.3, 0.4) is 0 Å². The maximum atomic E-state index is 15.3. The summed E-state index contributed by atoms with van der Waals surface area (Å²) in [6, 6.07) is 71.8. The smallest absolute Gasteiger partial charge is 0.207 e. The second-order valence-corrected chi connectivity index (χ2v) is 17.9. The van der Waals surface area contributed by atoms with Gasteiger partial charge in [-0.15, -0.1) is 0 Å². The fourth-order valence-corrected chi connectivity index (χ4v) is 12.6. The first-order chi connectivity index (χ1) is 29.5. The van der Waals surface area contributed by atoms with Crippen LogP contribution in [0.25, 0.3) is 77.2 Å². The third kappa shape index (κ3) is 4.21. The van der Waals surface area contributed by atoms with Crippen molar-refractivity contribution in [1.82, 2.24) is 9.13 Å². The number of nitrogens with zero attached hydrogens (tertiary/aromatic N) is 2. The standard InChI is InChI=1S/C55H34N2O2S/c58-60(59)50-29-14-10-24-44(50)55(43-23-9-13-28-48(43)57-46-26-11-7-20-40(46)41-22-15-25-45(55)54(41)57)53-51(60)31-30-49-52(53)42-21-8-12-27-47(42)56(49)39-33-37(35-16-3-1-4-17-35)32-38(34-39)36-18-5-2-6-19-36/h1-34H. The molecule has 4 heterocycles. The largest absolute Gasteiger partial charge is 0.309 e. The van der Waals surface area contributed by atoms with E-state index in [1.54, 1.807) is 6.07 Å². The van der Waals surface area contributed by atoms with Crippen molar-refractivity contribution >= 4 is 53.4 Å². The molecule has 282 valence electrons. The van der Waals surface area contributed by atoms with Crippen molar-refractivity contribution < 1.29 is 8.42 Å². The Labute approximate surface area is 346 Å². The first kappa shape index (κ1) is 33.5. The van der Waals surface area contributed by atoms with E-state index in [2.05, 4.69) is 173 Å². The lowest BCUT2D eigenvalue weighted by atomic mass is 9.62. The fraction of sp³-hybridized carbons (Fsp3) is 0.0182. The molecule has 0 aliphatic carbocycles. The number of fused-ring (bicyclic) bond motifs is 15. The van der Waals surface area contributed by atoms with Crippen LogP contribution in [0.15, 0.2) is 216 Å². The van der Waals surface area contributed by atoms with E-state index >= 15 is 8.42 Å². The zero-order valence-corrected chi connectivity index (χ0v) is 33.1. The van der Waals surface area contributed by atoms with Gasteiger partial charge >= 0.3 is 0 Å². The van der Waals surface area contributed by atoms with Crippen molar-refractivity contribution in [2.75, 3.05) is 0 Å². The van der Waals surface area contributed by atoms with Gasteiger partial charge in [0.15, 0.2) is 0 Å². The zero-order chi connectivity index (χ0) is 39.7. The van der Waals surface area contributed by atoms with E-state index in [4.69, 9.17) is 0 Å². The van der Waals surface area contributed by atoms with Crippen molar-refractivity contribution in [2.45, 2.75) is 15.2 Å². The van der Waals surface area contributed by atoms with E-state index in [0.29, 0.717) is 9.79 Å². The number of rotatable bonds is 3. The van der Waals surface area contributed by atoms with E-state index in [0.717, 1.165) is 94.1 Å². The number of aromatic nitrogens is 2. The van der Waals surface area contributed by atoms with Crippen molar-refractivity contribution in [2.24, 2.45) is 0 Å². The van der Waals surface area contributed by atoms with Gasteiger partial charge in [-0.2, -0.15) is 0 Å². The van der Waals surface area contributed by atoms with Crippen LogP contribution in [0.5, 0.6) is 0 Å². The van der Waals surface area contributed by atoms with Crippen LogP contribution in [0, 0.1) is 0 Å². The maximum absolute atomic E-state index is 15.3. The highest BCUT2D eigenvalue weighted by molar-refractivity contribution is 7.91. The average Bonchev–Trinajstić information content (AvgIpc) is 3.83. The van der Waals surface area contributed by atoms with Gasteiger partial charge in [-0.05, 0) is 93.5 Å². The first-order valence-electron chi connectivity index (χ1n) is 20.4. The quantitative estimate of drug-likeness (QED) is 0.179. The van der Waals surface area contributed by atoms with E-state index in [-0.39, 0.29) is 0 Å². The topological polar surface area (TPSA) is 44.0 Å². The molecule has 1 spiro atoms. The molecule has 0 amide bonds. The van der Waals surface area contributed by atoms with E-state index in [1.165, 1.54) is 5.39 Å². The Morgan fingerprint density at radius 1 is 0.383 bits per heavy atom. The van der Waals surface area contributed by atoms with E-state index in [1.807, 2.05) is 36.4 Å². The van der Waals surface area contributed by atoms with Crippen LogP contribution >= 0.6 is 0 Å². The van der Waals surface area contributed by atoms with Gasteiger partial charge in [0.1, 0.15) is 0 Å². The van der Waals surface area contributed by atoms with Gasteiger partial charge < -0.3 is 9.13 Å². The molecule has 2 aromatic heterocycles. The summed E-state index contributed by atoms with van der Waals surface area (Å²) in [4.78, 5) is 0.691. The lowest BCUT2D eigenvalue weighted by Crippen LogP contribution is -2.40. The summed E-state index contributed by atoms with van der Waals surface area (Å²) in [6.07, 6.45) is 0. The van der Waals surface area contributed by atoms with Crippen LogP contribution in [0.2, 0.25) is 0 Å². The molecule has 0 N–H and O–H groups in total. The molecule has 0 saturated heterocycles. The molecule has 0 radical (unpaired) electrons. The highest BCUT2D eigenvalue weighted by Gasteiger charge is 2.54. The minimum absolute atomic E-state index is 0.344. The van der Waals surface area contributed by atoms with Gasteiger partial charge in [0.25, 0.3) is 0 Å². The number of hydrogen-bond donors (Lipinski definition) is 0. The minimum atomic E-state index is -3.97. The molecule has 2 aliphatic rings. The number of benzene rings is 9. The SMILES string of the molecule is O=S1(=O)c2ccccc2C2(c3ccccc3-n3c4ccccc4c4cccc2c43)c2c1ccc1c2c2ccccc2n1-c1cc(-c2ccccc2)cc(-c2ccccc2)c1. The van der Waals surface area contributed by atoms with Gasteiger partial charge in [0.05, 0.1) is 43.0 Å². The Morgan fingerprint density at radius 2 is 0.950 bits per heavy atom. The molecule has 11 aromatic rings. The molecule has 0 saturated carbocycles. The van der Waals surface area contributed by atoms with Crippen LogP contribution in [0.1, 0.15) is 22.3 Å². The molecule has 0 fully saturated rings. The van der Waals surface area contributed by atoms with Crippen molar-refractivity contribution in [3.05, 3.63) is 229 Å². The summed E-state index contributed by atoms with van der Waals surface area (Å²) in [5.41, 5.74) is 13.4. The second-order valence-electron chi connectivity index (χ2n) is 16.0. The summed E-state index contributed by atoms with van der Waals surface area (Å²) in [5, 5.41) is 4.25. The van der Waals surface area contributed by atoms with Gasteiger partial charge in [-0.25, -0.2) is 8.42 Å². The summed E-state index contributed by atoms with van der Waals surface area (Å²) in [6.45, 7) is 0. The summed E-state index contributed by atoms with van der Waals surface area (Å²) in [7, 11) is -3.97. The number of hydrogen-bond acceptors (Lipinski definition) is 2. The van der Waals surface area contributed by atoms with Gasteiger partial charge in [0.2, 0.25) is 9.84 Å². The Balaban J connectivity index is 1.24. The molecule has 1 atom stereocenters. The fourth-order valence-electron chi connectivity index (χ4n) is 10.8. The minimum Gasteiger partial charge on any atom is -0.309 e. The average molecular weight is 787 g/mol. The van der Waals surface area contributed by atoms with Gasteiger partial charge in [-0.3, -0.25) is 0 Å². The summed E-state index contributed by atoms with van der Waals surface area (Å²) < 4.78 is 35.4. The van der Waals surface area contributed by atoms with Crippen LogP contribution in [-0.4, -0.2) is 17.6 Å². The van der Waals surface area contributed by atoms with Crippen LogP contribution in [-0.2, 0) is 15.3 Å². The molecular weight excluding hydrogens is 753 g/mol. The molecule has 4 nitrogen and oxygen atoms in total. The van der Waals surface area contributed by atoms with Gasteiger partial charge in [0, 0.05) is 32.8 Å². The van der Waals surface area contributed by atoms with Crippen LogP contribution in [0.4, 0.5) is 0 Å². The molecular formula is C55H34N2O2S. The molecule has 0 bridgehead atoms. The first-order valence-corrected chi connectivity index (χ1v) is 21.8. The molecule has 13 rings (SSSR count). The van der Waals surface area contributed by atoms with E-state index < -0.39 is 15.3 Å². The lowest BCUT2D eigenvalue weighted by molar-refractivity contribution is 0.579. The number of sulfone groups is 1. The highest BCUT2D eigenvalue weighted by atomic mass is 32.2. The Hall–Kier alpha value is -7.47. The molecule has 9 aromatic carbocycles. The molecule has 1 unspecified atom stereocenters. The predicted octanol–water partition coefficient (Wildman–Crippen LogP) is 13.1. The monoisotopic (exact) mass is 786 g/mol. The van der Waals surface area contributed by atoms with Crippen molar-refractivity contribution in [3.63, 3.8) is 0 Å². The zero-order valence-electron chi connectivity index (χ0n) is 32.2.